The van der Waals surface area contributed by atoms with E-state index in [1.54, 1.807) is 18.2 Å². The van der Waals surface area contributed by atoms with E-state index in [1.165, 1.54) is 4.90 Å². The fraction of sp³-hybridized carbons (Fsp3) is 0.241. The zero-order valence-corrected chi connectivity index (χ0v) is 22.0. The van der Waals surface area contributed by atoms with Crippen molar-refractivity contribution in [1.82, 2.24) is 4.90 Å². The number of hydrogen-bond donors (Lipinski definition) is 1. The van der Waals surface area contributed by atoms with Crippen molar-refractivity contribution >= 4 is 40.6 Å². The predicted octanol–water partition coefficient (Wildman–Crippen LogP) is 7.18. The number of imide groups is 1. The zero-order valence-electron chi connectivity index (χ0n) is 20.5. The normalized spacial score (nSPS) is 14.8. The molecule has 0 unspecified atom stereocenters. The second-order valence-corrected chi connectivity index (χ2v) is 10.4. The van der Waals surface area contributed by atoms with Crippen molar-refractivity contribution < 1.29 is 19.4 Å². The Balaban J connectivity index is 1.46. The van der Waals surface area contributed by atoms with Gasteiger partial charge in [-0.05, 0) is 83.6 Å². The molecule has 1 N–H and O–H groups in total. The molecule has 0 aromatic heterocycles. The zero-order chi connectivity index (χ0) is 25.8. The van der Waals surface area contributed by atoms with E-state index >= 15 is 0 Å². The monoisotopic (exact) mass is 521 g/mol. The molecule has 4 rings (SSSR count). The number of benzene rings is 3. The van der Waals surface area contributed by atoms with Gasteiger partial charge < -0.3 is 9.84 Å². The molecule has 0 spiro atoms. The van der Waals surface area contributed by atoms with Crippen LogP contribution in [0.1, 0.15) is 47.6 Å². The lowest BCUT2D eigenvalue weighted by atomic mass is 10.0. The summed E-state index contributed by atoms with van der Waals surface area (Å²) >= 11 is 7.15. The van der Waals surface area contributed by atoms with Crippen molar-refractivity contribution in [3.05, 3.63) is 98.4 Å². The van der Waals surface area contributed by atoms with Crippen LogP contribution in [-0.2, 0) is 11.2 Å². The van der Waals surface area contributed by atoms with E-state index in [2.05, 4.69) is 13.8 Å². The third-order valence-electron chi connectivity index (χ3n) is 5.97. The fourth-order valence-electron chi connectivity index (χ4n) is 4.02. The highest BCUT2D eigenvalue weighted by atomic mass is 35.5. The number of aromatic hydroxyl groups is 1. The molecule has 0 saturated carbocycles. The van der Waals surface area contributed by atoms with Gasteiger partial charge in [0.05, 0.1) is 11.4 Å². The molecule has 1 saturated heterocycles. The van der Waals surface area contributed by atoms with Crippen LogP contribution in [-0.4, -0.2) is 34.3 Å². The largest absolute Gasteiger partial charge is 0.507 e. The summed E-state index contributed by atoms with van der Waals surface area (Å²) in [5.41, 5.74) is 4.54. The van der Waals surface area contributed by atoms with Gasteiger partial charge in [-0.3, -0.25) is 14.5 Å². The van der Waals surface area contributed by atoms with Crippen LogP contribution < -0.4 is 4.74 Å². The maximum atomic E-state index is 13.0. The van der Waals surface area contributed by atoms with Gasteiger partial charge in [0.1, 0.15) is 18.1 Å². The standard InChI is InChI=1S/C29H28ClNO4S/c1-18(2)23-10-8-19(3)14-26(23)35-13-12-31-28(33)27(36-29(31)34)17-22-16-20(9-11-25(22)32)15-21-6-4-5-7-24(21)30/h4-11,14,16-18,32H,12-13,15H2,1-3H3/b27-17-. The van der Waals surface area contributed by atoms with Crippen LogP contribution >= 0.6 is 23.4 Å². The SMILES string of the molecule is Cc1ccc(C(C)C)c(OCCN2C(=O)S/C(=C\c3cc(Cc4ccccc4Cl)ccc3O)C2=O)c1. The van der Waals surface area contributed by atoms with E-state index in [-0.39, 0.29) is 29.0 Å². The summed E-state index contributed by atoms with van der Waals surface area (Å²) in [5, 5.41) is 10.7. The number of thioether (sulfide) groups is 1. The fourth-order valence-corrected chi connectivity index (χ4v) is 5.07. The average molecular weight is 522 g/mol. The van der Waals surface area contributed by atoms with Crippen LogP contribution in [0.25, 0.3) is 6.08 Å². The topological polar surface area (TPSA) is 66.8 Å². The Kier molecular flexibility index (Phi) is 8.07. The molecule has 1 heterocycles. The number of ether oxygens (including phenoxy) is 1. The van der Waals surface area contributed by atoms with Gasteiger partial charge in [0.15, 0.2) is 0 Å². The Bertz CT molecular complexity index is 1330. The van der Waals surface area contributed by atoms with E-state index in [0.29, 0.717) is 22.9 Å². The molecule has 186 valence electrons. The summed E-state index contributed by atoms with van der Waals surface area (Å²) < 4.78 is 5.97. The molecule has 0 radical (unpaired) electrons. The highest BCUT2D eigenvalue weighted by molar-refractivity contribution is 8.18. The molecule has 0 bridgehead atoms. The molecular weight excluding hydrogens is 494 g/mol. The molecule has 36 heavy (non-hydrogen) atoms. The lowest BCUT2D eigenvalue weighted by Crippen LogP contribution is -2.32. The van der Waals surface area contributed by atoms with Gasteiger partial charge in [0, 0.05) is 10.6 Å². The van der Waals surface area contributed by atoms with Gasteiger partial charge in [-0.15, -0.1) is 0 Å². The third kappa shape index (κ3) is 5.94. The van der Waals surface area contributed by atoms with Crippen LogP contribution in [0.2, 0.25) is 5.02 Å². The van der Waals surface area contributed by atoms with Crippen LogP contribution in [0.4, 0.5) is 4.79 Å². The minimum atomic E-state index is -0.391. The first-order valence-electron chi connectivity index (χ1n) is 11.8. The Morgan fingerprint density at radius 3 is 2.61 bits per heavy atom. The molecule has 7 heteroatoms. The smallest absolute Gasteiger partial charge is 0.293 e. The van der Waals surface area contributed by atoms with Gasteiger partial charge >= 0.3 is 0 Å². The van der Waals surface area contributed by atoms with Gasteiger partial charge in [-0.25, -0.2) is 0 Å². The molecule has 1 aliphatic heterocycles. The lowest BCUT2D eigenvalue weighted by Gasteiger charge is -2.17. The number of phenols is 1. The molecule has 5 nitrogen and oxygen atoms in total. The number of halogens is 1. The molecular formula is C29H28ClNO4S. The number of amides is 2. The van der Waals surface area contributed by atoms with E-state index in [4.69, 9.17) is 16.3 Å². The number of phenolic OH excluding ortho intramolecular Hbond substituents is 1. The Hall–Kier alpha value is -3.22. The summed E-state index contributed by atoms with van der Waals surface area (Å²) in [6.07, 6.45) is 2.14. The molecule has 1 fully saturated rings. The number of hydrogen-bond acceptors (Lipinski definition) is 5. The molecule has 0 aliphatic carbocycles. The summed E-state index contributed by atoms with van der Waals surface area (Å²) in [7, 11) is 0. The van der Waals surface area contributed by atoms with Crippen molar-refractivity contribution in [1.29, 1.82) is 0 Å². The first-order valence-corrected chi connectivity index (χ1v) is 13.0. The van der Waals surface area contributed by atoms with Crippen LogP contribution in [0, 0.1) is 6.92 Å². The number of rotatable bonds is 8. The quantitative estimate of drug-likeness (QED) is 0.318. The van der Waals surface area contributed by atoms with Crippen molar-refractivity contribution in [3.63, 3.8) is 0 Å². The van der Waals surface area contributed by atoms with Crippen LogP contribution in [0.5, 0.6) is 11.5 Å². The highest BCUT2D eigenvalue weighted by Crippen LogP contribution is 2.34. The molecule has 0 atom stereocenters. The number of nitrogens with zero attached hydrogens (tertiary/aromatic N) is 1. The molecule has 3 aromatic carbocycles. The molecule has 1 aliphatic rings. The Morgan fingerprint density at radius 2 is 1.86 bits per heavy atom. The van der Waals surface area contributed by atoms with Crippen molar-refractivity contribution in [2.24, 2.45) is 0 Å². The Labute approximate surface area is 220 Å². The van der Waals surface area contributed by atoms with E-state index in [0.717, 1.165) is 39.8 Å². The van der Waals surface area contributed by atoms with Crippen molar-refractivity contribution in [2.75, 3.05) is 13.2 Å². The third-order valence-corrected chi connectivity index (χ3v) is 7.24. The summed E-state index contributed by atoms with van der Waals surface area (Å²) in [5.74, 6) is 0.710. The van der Waals surface area contributed by atoms with E-state index in [9.17, 15) is 14.7 Å². The van der Waals surface area contributed by atoms with Gasteiger partial charge in [0.2, 0.25) is 0 Å². The van der Waals surface area contributed by atoms with Crippen LogP contribution in [0.15, 0.2) is 65.6 Å². The summed E-state index contributed by atoms with van der Waals surface area (Å²) in [6, 6.07) is 18.9. The van der Waals surface area contributed by atoms with Gasteiger partial charge in [0.25, 0.3) is 11.1 Å². The van der Waals surface area contributed by atoms with Crippen molar-refractivity contribution in [2.45, 2.75) is 33.1 Å². The maximum Gasteiger partial charge on any atom is 0.293 e. The number of carbonyl (C=O) groups excluding carboxylic acids is 2. The van der Waals surface area contributed by atoms with Crippen molar-refractivity contribution in [3.8, 4) is 11.5 Å². The maximum absolute atomic E-state index is 13.0. The van der Waals surface area contributed by atoms with E-state index < -0.39 is 5.91 Å². The highest BCUT2D eigenvalue weighted by Gasteiger charge is 2.35. The molecule has 2 amide bonds. The van der Waals surface area contributed by atoms with E-state index in [1.807, 2.05) is 55.5 Å². The van der Waals surface area contributed by atoms with Gasteiger partial charge in [-0.2, -0.15) is 0 Å². The number of aryl methyl sites for hydroxylation is 1. The first kappa shape index (κ1) is 25.9. The Morgan fingerprint density at radius 1 is 1.08 bits per heavy atom. The lowest BCUT2D eigenvalue weighted by molar-refractivity contribution is -0.123. The minimum absolute atomic E-state index is 0.0358. The predicted molar refractivity (Wildman–Crippen MR) is 146 cm³/mol. The minimum Gasteiger partial charge on any atom is -0.507 e. The average Bonchev–Trinajstić information content (AvgIpc) is 3.10. The second kappa shape index (κ2) is 11.2. The summed E-state index contributed by atoms with van der Waals surface area (Å²) in [6.45, 7) is 6.53. The first-order chi connectivity index (χ1) is 17.2. The molecule has 3 aromatic rings. The summed E-state index contributed by atoms with van der Waals surface area (Å²) in [4.78, 5) is 27.0. The van der Waals surface area contributed by atoms with Crippen LogP contribution in [0.3, 0.4) is 0 Å². The number of carbonyl (C=O) groups is 2. The second-order valence-electron chi connectivity index (χ2n) is 9.04. The van der Waals surface area contributed by atoms with Gasteiger partial charge in [-0.1, -0.05) is 61.8 Å².